The van der Waals surface area contributed by atoms with Crippen LogP contribution >= 0.6 is 0 Å². The summed E-state index contributed by atoms with van der Waals surface area (Å²) in [5.41, 5.74) is -0.183. The molecule has 0 saturated heterocycles. The predicted octanol–water partition coefficient (Wildman–Crippen LogP) is 1.09. The quantitative estimate of drug-likeness (QED) is 0.605. The molecule has 1 heterocycles. The Morgan fingerprint density at radius 3 is 2.75 bits per heavy atom. The third-order valence-electron chi connectivity index (χ3n) is 2.98. The Balaban J connectivity index is 2.10. The number of halogens is 2. The number of aromatic nitrogens is 1. The van der Waals surface area contributed by atoms with Crippen LogP contribution in [0.2, 0.25) is 0 Å². The molecule has 1 saturated carbocycles. The molecule has 1 amide bonds. The zero-order valence-electron chi connectivity index (χ0n) is 10.3. The van der Waals surface area contributed by atoms with E-state index < -0.39 is 29.9 Å². The third-order valence-corrected chi connectivity index (χ3v) is 2.98. The maximum absolute atomic E-state index is 12.1. The van der Waals surface area contributed by atoms with Gasteiger partial charge < -0.3 is 15.0 Å². The van der Waals surface area contributed by atoms with Gasteiger partial charge in [-0.3, -0.25) is 14.9 Å². The number of aliphatic hydroxyl groups excluding tert-OH is 1. The molecule has 1 atom stereocenters. The fourth-order valence-corrected chi connectivity index (χ4v) is 1.78. The molecule has 1 aromatic rings. The van der Waals surface area contributed by atoms with E-state index in [4.69, 9.17) is 5.11 Å². The maximum atomic E-state index is 12.1. The van der Waals surface area contributed by atoms with Crippen LogP contribution in [0, 0.1) is 10.1 Å². The Labute approximate surface area is 112 Å². The first-order valence-corrected chi connectivity index (χ1v) is 6.01. The van der Waals surface area contributed by atoms with E-state index in [1.54, 1.807) is 0 Å². The lowest BCUT2D eigenvalue weighted by Crippen LogP contribution is -2.36. The van der Waals surface area contributed by atoms with Crippen molar-refractivity contribution in [3.05, 3.63) is 28.1 Å². The Morgan fingerprint density at radius 2 is 2.25 bits per heavy atom. The Morgan fingerprint density at radius 1 is 1.60 bits per heavy atom. The van der Waals surface area contributed by atoms with Crippen molar-refractivity contribution in [1.29, 1.82) is 0 Å². The number of nitro groups is 1. The zero-order valence-corrected chi connectivity index (χ0v) is 10.3. The number of alkyl halides is 2. The van der Waals surface area contributed by atoms with E-state index in [1.165, 1.54) is 10.8 Å². The van der Waals surface area contributed by atoms with E-state index >= 15 is 0 Å². The Bertz CT molecular complexity index is 528. The number of carbonyl (C=O) groups is 1. The van der Waals surface area contributed by atoms with Crippen molar-refractivity contribution >= 4 is 11.6 Å². The average molecular weight is 289 g/mol. The van der Waals surface area contributed by atoms with Gasteiger partial charge in [0.2, 0.25) is 0 Å². The van der Waals surface area contributed by atoms with Crippen molar-refractivity contribution in [1.82, 2.24) is 9.88 Å². The molecule has 0 aromatic carbocycles. The summed E-state index contributed by atoms with van der Waals surface area (Å²) in [6, 6.07) is 1.13. The number of hydrogen-bond acceptors (Lipinski definition) is 4. The van der Waals surface area contributed by atoms with E-state index in [9.17, 15) is 23.7 Å². The minimum absolute atomic E-state index is 0.0319. The average Bonchev–Trinajstić information content (AvgIpc) is 3.13. The summed E-state index contributed by atoms with van der Waals surface area (Å²) in [5.74, 6) is -0.718. The lowest BCUT2D eigenvalue weighted by Gasteiger charge is -2.11. The monoisotopic (exact) mass is 289 g/mol. The number of nitrogens with zero attached hydrogens (tertiary/aromatic N) is 2. The van der Waals surface area contributed by atoms with Crippen LogP contribution in [0.15, 0.2) is 12.3 Å². The molecule has 1 aliphatic rings. The molecule has 1 aromatic heterocycles. The minimum Gasteiger partial charge on any atom is -0.385 e. The second-order valence-corrected chi connectivity index (χ2v) is 4.59. The van der Waals surface area contributed by atoms with Gasteiger partial charge in [0, 0.05) is 18.7 Å². The smallest absolute Gasteiger partial charge is 0.287 e. The fraction of sp³-hybridized carbons (Fsp3) is 0.545. The standard InChI is InChI=1S/C11H13F2N3O4/c12-10(13)9(17)4-14-11(18)8-3-7(16(19)20)5-15(8)6-1-2-6/h3,5-6,9-10,17H,1-2,4H2,(H,14,18). The predicted molar refractivity (Wildman–Crippen MR) is 63.7 cm³/mol. The lowest BCUT2D eigenvalue weighted by atomic mass is 10.3. The largest absolute Gasteiger partial charge is 0.385 e. The highest BCUT2D eigenvalue weighted by atomic mass is 19.3. The summed E-state index contributed by atoms with van der Waals surface area (Å²) in [7, 11) is 0. The van der Waals surface area contributed by atoms with Crippen molar-refractivity contribution in [2.24, 2.45) is 0 Å². The zero-order chi connectivity index (χ0) is 14.9. The van der Waals surface area contributed by atoms with Crippen LogP contribution in [0.4, 0.5) is 14.5 Å². The van der Waals surface area contributed by atoms with E-state index in [0.29, 0.717) is 0 Å². The first kappa shape index (κ1) is 14.4. The van der Waals surface area contributed by atoms with Crippen LogP contribution in [0.5, 0.6) is 0 Å². The summed E-state index contributed by atoms with van der Waals surface area (Å²) in [4.78, 5) is 21.9. The van der Waals surface area contributed by atoms with Gasteiger partial charge in [-0.25, -0.2) is 8.78 Å². The summed E-state index contributed by atoms with van der Waals surface area (Å²) >= 11 is 0. The van der Waals surface area contributed by atoms with E-state index in [2.05, 4.69) is 5.32 Å². The topological polar surface area (TPSA) is 97.4 Å². The third kappa shape index (κ3) is 3.10. The first-order valence-electron chi connectivity index (χ1n) is 6.01. The Hall–Kier alpha value is -2.03. The highest BCUT2D eigenvalue weighted by molar-refractivity contribution is 5.93. The number of amides is 1. The molecule has 9 heteroatoms. The van der Waals surface area contributed by atoms with Gasteiger partial charge in [-0.15, -0.1) is 0 Å². The molecule has 1 unspecified atom stereocenters. The van der Waals surface area contributed by atoms with Crippen molar-refractivity contribution < 1.29 is 23.6 Å². The molecular formula is C11H13F2N3O4. The molecule has 0 spiro atoms. The summed E-state index contributed by atoms with van der Waals surface area (Å²) in [6.07, 6.45) is -2.04. The van der Waals surface area contributed by atoms with Crippen molar-refractivity contribution in [3.63, 3.8) is 0 Å². The minimum atomic E-state index is -2.96. The van der Waals surface area contributed by atoms with E-state index in [-0.39, 0.29) is 17.4 Å². The highest BCUT2D eigenvalue weighted by Gasteiger charge is 2.30. The number of carbonyl (C=O) groups excluding carboxylic acids is 1. The van der Waals surface area contributed by atoms with Crippen LogP contribution in [-0.2, 0) is 0 Å². The summed E-state index contributed by atoms with van der Waals surface area (Å²) in [6.45, 7) is -0.611. The molecule has 2 rings (SSSR count). The molecule has 7 nitrogen and oxygen atoms in total. The molecule has 110 valence electrons. The summed E-state index contributed by atoms with van der Waals surface area (Å²) in [5, 5.41) is 21.8. The SMILES string of the molecule is O=C(NCC(O)C(F)F)c1cc([N+](=O)[O-])cn1C1CC1. The van der Waals surface area contributed by atoms with Gasteiger partial charge in [0.1, 0.15) is 11.8 Å². The van der Waals surface area contributed by atoms with Gasteiger partial charge in [-0.2, -0.15) is 0 Å². The van der Waals surface area contributed by atoms with Gasteiger partial charge in [0.25, 0.3) is 18.0 Å². The molecule has 1 aliphatic carbocycles. The van der Waals surface area contributed by atoms with Gasteiger partial charge in [-0.1, -0.05) is 0 Å². The van der Waals surface area contributed by atoms with E-state index in [0.717, 1.165) is 18.9 Å². The Kier molecular flexibility index (Phi) is 3.98. The summed E-state index contributed by atoms with van der Waals surface area (Å²) < 4.78 is 25.7. The second-order valence-electron chi connectivity index (χ2n) is 4.59. The molecule has 0 radical (unpaired) electrons. The number of hydrogen-bond donors (Lipinski definition) is 2. The maximum Gasteiger partial charge on any atom is 0.287 e. The normalized spacial score (nSPS) is 16.2. The number of rotatable bonds is 6. The molecule has 1 fully saturated rings. The van der Waals surface area contributed by atoms with Gasteiger partial charge in [0.15, 0.2) is 0 Å². The van der Waals surface area contributed by atoms with Crippen LogP contribution in [0.1, 0.15) is 29.4 Å². The lowest BCUT2D eigenvalue weighted by molar-refractivity contribution is -0.384. The van der Waals surface area contributed by atoms with Crippen LogP contribution in [-0.4, -0.2) is 39.6 Å². The van der Waals surface area contributed by atoms with Gasteiger partial charge in [0.05, 0.1) is 11.1 Å². The molecule has 0 aliphatic heterocycles. The van der Waals surface area contributed by atoms with Crippen LogP contribution in [0.25, 0.3) is 0 Å². The van der Waals surface area contributed by atoms with Crippen LogP contribution < -0.4 is 5.32 Å². The van der Waals surface area contributed by atoms with Crippen molar-refractivity contribution in [3.8, 4) is 0 Å². The molecule has 2 N–H and O–H groups in total. The van der Waals surface area contributed by atoms with E-state index in [1.807, 2.05) is 0 Å². The van der Waals surface area contributed by atoms with Gasteiger partial charge in [-0.05, 0) is 12.8 Å². The van der Waals surface area contributed by atoms with Crippen LogP contribution in [0.3, 0.4) is 0 Å². The van der Waals surface area contributed by atoms with Crippen molar-refractivity contribution in [2.75, 3.05) is 6.54 Å². The second kappa shape index (κ2) is 5.53. The van der Waals surface area contributed by atoms with Crippen molar-refractivity contribution in [2.45, 2.75) is 31.4 Å². The number of nitrogens with one attached hydrogen (secondary N) is 1. The molecule has 0 bridgehead atoms. The highest BCUT2D eigenvalue weighted by Crippen LogP contribution is 2.37. The number of aliphatic hydroxyl groups is 1. The van der Waals surface area contributed by atoms with Gasteiger partial charge >= 0.3 is 0 Å². The first-order chi connectivity index (χ1) is 9.40. The molecule has 20 heavy (non-hydrogen) atoms. The fourth-order valence-electron chi connectivity index (χ4n) is 1.78. The molecular weight excluding hydrogens is 276 g/mol.